The zero-order valence-electron chi connectivity index (χ0n) is 22.5. The van der Waals surface area contributed by atoms with Crippen LogP contribution in [0, 0.1) is 5.41 Å². The zero-order chi connectivity index (χ0) is 27.4. The van der Waals surface area contributed by atoms with Crippen LogP contribution in [0.4, 0.5) is 18.9 Å². The first kappa shape index (κ1) is 32.3. The number of hydrogen-bond acceptors (Lipinski definition) is 5. The molecule has 9 heteroatoms. The molecule has 0 aliphatic rings. The van der Waals surface area contributed by atoms with Crippen molar-refractivity contribution in [2.45, 2.75) is 61.1 Å². The van der Waals surface area contributed by atoms with Gasteiger partial charge < -0.3 is 4.90 Å². The van der Waals surface area contributed by atoms with E-state index in [0.717, 1.165) is 22.8 Å². The number of rotatable bonds is 3. The quantitative estimate of drug-likeness (QED) is 0.238. The van der Waals surface area contributed by atoms with Gasteiger partial charge in [-0.2, -0.15) is 13.2 Å². The number of hydrogen-bond donors (Lipinski definition) is 0. The Bertz CT molecular complexity index is 1020. The summed E-state index contributed by atoms with van der Waals surface area (Å²) >= 11 is 1.40. The smallest absolute Gasteiger partial charge is 0.377 e. The topological polar surface area (TPSA) is 48.8 Å². The third kappa shape index (κ3) is 12.0. The van der Waals surface area contributed by atoms with Crippen molar-refractivity contribution in [3.63, 3.8) is 0 Å². The van der Waals surface area contributed by atoms with Gasteiger partial charge in [0.15, 0.2) is 0 Å². The lowest BCUT2D eigenvalue weighted by Gasteiger charge is -2.16. The molecule has 35 heavy (non-hydrogen) atoms. The summed E-state index contributed by atoms with van der Waals surface area (Å²) < 4.78 is 32.4. The minimum atomic E-state index is -3.96. The molecular weight excluding hydrogens is 473 g/mol. The summed E-state index contributed by atoms with van der Waals surface area (Å²) in [4.78, 5) is 26.3. The van der Waals surface area contributed by atoms with Crippen LogP contribution >= 0.6 is 11.3 Å². The SMILES string of the molecule is C/C=C/N(C(=O)c1cc2c(N(C)C)ccnc2s1)C(C)=NC.C/C=C\C(C)(C)C.CCC(F)(F)F. The van der Waals surface area contributed by atoms with Crippen LogP contribution in [0.5, 0.6) is 0 Å². The number of pyridine rings is 1. The summed E-state index contributed by atoms with van der Waals surface area (Å²) in [5.41, 5.74) is 1.42. The largest absolute Gasteiger partial charge is 0.388 e. The van der Waals surface area contributed by atoms with Crippen molar-refractivity contribution in [1.82, 2.24) is 9.88 Å². The van der Waals surface area contributed by atoms with Crippen LogP contribution in [0.3, 0.4) is 0 Å². The van der Waals surface area contributed by atoms with E-state index >= 15 is 0 Å². The van der Waals surface area contributed by atoms with E-state index in [9.17, 15) is 18.0 Å². The lowest BCUT2D eigenvalue weighted by Crippen LogP contribution is -2.29. The number of thiophene rings is 1. The van der Waals surface area contributed by atoms with Gasteiger partial charge in [-0.15, -0.1) is 11.3 Å². The maximum absolute atomic E-state index is 12.7. The van der Waals surface area contributed by atoms with E-state index in [2.05, 4.69) is 42.9 Å². The zero-order valence-corrected chi connectivity index (χ0v) is 23.3. The van der Waals surface area contributed by atoms with Gasteiger partial charge in [0, 0.05) is 51.0 Å². The van der Waals surface area contributed by atoms with E-state index in [4.69, 9.17) is 0 Å². The summed E-state index contributed by atoms with van der Waals surface area (Å²) in [6.07, 6.45) is 4.91. The number of aliphatic imine (C=N–C) groups is 1. The molecule has 2 aromatic heterocycles. The number of carbonyl (C=O) groups is 1. The molecule has 0 spiro atoms. The molecule has 2 heterocycles. The first-order valence-electron chi connectivity index (χ1n) is 11.3. The molecule has 2 rings (SSSR count). The Morgan fingerprint density at radius 3 is 2.11 bits per heavy atom. The first-order valence-corrected chi connectivity index (χ1v) is 12.1. The lowest BCUT2D eigenvalue weighted by molar-refractivity contribution is -0.130. The Kier molecular flexibility index (Phi) is 13.5. The second-order valence-electron chi connectivity index (χ2n) is 8.82. The van der Waals surface area contributed by atoms with E-state index in [0.29, 0.717) is 16.1 Å². The molecule has 1 amide bonds. The monoisotopic (exact) mass is 512 g/mol. The molecular formula is C26H39F3N4OS. The van der Waals surface area contributed by atoms with Crippen LogP contribution in [0.1, 0.15) is 64.6 Å². The van der Waals surface area contributed by atoms with Crippen LogP contribution in [0.25, 0.3) is 10.2 Å². The van der Waals surface area contributed by atoms with Gasteiger partial charge in [0.1, 0.15) is 10.7 Å². The average molecular weight is 513 g/mol. The Labute approximate surface area is 212 Å². The Balaban J connectivity index is 0.000000733. The van der Waals surface area contributed by atoms with E-state index in [1.54, 1.807) is 24.3 Å². The summed E-state index contributed by atoms with van der Waals surface area (Å²) in [6.45, 7) is 13.4. The van der Waals surface area contributed by atoms with Crippen molar-refractivity contribution in [2.75, 3.05) is 26.0 Å². The fourth-order valence-electron chi connectivity index (χ4n) is 2.62. The number of aromatic nitrogens is 1. The molecule has 0 bridgehead atoms. The van der Waals surface area contributed by atoms with Crippen LogP contribution < -0.4 is 4.90 Å². The van der Waals surface area contributed by atoms with Gasteiger partial charge in [0.25, 0.3) is 5.91 Å². The maximum Gasteiger partial charge on any atom is 0.388 e. The molecule has 0 atom stereocenters. The number of amidine groups is 1. The number of allylic oxidation sites excluding steroid dienone is 3. The van der Waals surface area contributed by atoms with Crippen molar-refractivity contribution in [3.05, 3.63) is 47.6 Å². The Hall–Kier alpha value is -2.68. The maximum atomic E-state index is 12.7. The first-order chi connectivity index (χ1) is 16.1. The fraction of sp³-hybridized carbons (Fsp3) is 0.500. The van der Waals surface area contributed by atoms with Crippen molar-refractivity contribution < 1.29 is 18.0 Å². The number of fused-ring (bicyclic) bond motifs is 1. The van der Waals surface area contributed by atoms with E-state index in [1.165, 1.54) is 11.3 Å². The third-order valence-electron chi connectivity index (χ3n) is 4.36. The number of alkyl halides is 3. The minimum absolute atomic E-state index is 0.0890. The highest BCUT2D eigenvalue weighted by atomic mass is 32.1. The van der Waals surface area contributed by atoms with E-state index in [-0.39, 0.29) is 5.91 Å². The molecule has 0 fully saturated rings. The van der Waals surface area contributed by atoms with Crippen molar-refractivity contribution in [1.29, 1.82) is 0 Å². The summed E-state index contributed by atoms with van der Waals surface area (Å²) in [6, 6.07) is 3.86. The molecule has 0 aliphatic carbocycles. The highest BCUT2D eigenvalue weighted by Gasteiger charge is 2.22. The van der Waals surface area contributed by atoms with Gasteiger partial charge in [-0.05, 0) is 38.3 Å². The predicted molar refractivity (Wildman–Crippen MR) is 145 cm³/mol. The molecule has 0 N–H and O–H groups in total. The fourth-order valence-corrected chi connectivity index (χ4v) is 3.58. The van der Waals surface area contributed by atoms with Crippen LogP contribution in [0.2, 0.25) is 0 Å². The molecule has 0 unspecified atom stereocenters. The third-order valence-corrected chi connectivity index (χ3v) is 5.39. The van der Waals surface area contributed by atoms with Crippen LogP contribution in [-0.2, 0) is 0 Å². The van der Waals surface area contributed by atoms with Gasteiger partial charge in [0.05, 0.1) is 4.88 Å². The van der Waals surface area contributed by atoms with Gasteiger partial charge in [0.2, 0.25) is 0 Å². The van der Waals surface area contributed by atoms with Crippen molar-refractivity contribution in [2.24, 2.45) is 10.4 Å². The molecule has 2 aromatic rings. The number of anilines is 1. The molecule has 0 saturated carbocycles. The second-order valence-corrected chi connectivity index (χ2v) is 9.85. The van der Waals surface area contributed by atoms with Crippen molar-refractivity contribution >= 4 is 39.0 Å². The van der Waals surface area contributed by atoms with E-state index in [1.807, 2.05) is 58.0 Å². The molecule has 0 saturated heterocycles. The normalized spacial score (nSPS) is 12.3. The van der Waals surface area contributed by atoms with Gasteiger partial charge in [-0.25, -0.2) is 4.98 Å². The van der Waals surface area contributed by atoms with Crippen LogP contribution in [0.15, 0.2) is 47.7 Å². The summed E-state index contributed by atoms with van der Waals surface area (Å²) in [5.74, 6) is 0.565. The number of nitrogens with zero attached hydrogens (tertiary/aromatic N) is 4. The average Bonchev–Trinajstić information content (AvgIpc) is 3.20. The number of halogens is 3. The van der Waals surface area contributed by atoms with Gasteiger partial charge in [-0.3, -0.25) is 14.7 Å². The van der Waals surface area contributed by atoms with Gasteiger partial charge in [-0.1, -0.05) is 45.9 Å². The summed E-state index contributed by atoms with van der Waals surface area (Å²) in [7, 11) is 5.64. The number of carbonyl (C=O) groups excluding carboxylic acids is 1. The predicted octanol–water partition coefficient (Wildman–Crippen LogP) is 7.95. The molecule has 196 valence electrons. The molecule has 0 aliphatic heterocycles. The highest BCUT2D eigenvalue weighted by molar-refractivity contribution is 7.20. The highest BCUT2D eigenvalue weighted by Crippen LogP contribution is 2.31. The number of amides is 1. The molecule has 5 nitrogen and oxygen atoms in total. The second kappa shape index (κ2) is 14.7. The molecule has 0 aromatic carbocycles. The van der Waals surface area contributed by atoms with Gasteiger partial charge >= 0.3 is 6.18 Å². The summed E-state index contributed by atoms with van der Waals surface area (Å²) in [5, 5.41) is 0.993. The minimum Gasteiger partial charge on any atom is -0.377 e. The van der Waals surface area contributed by atoms with Crippen molar-refractivity contribution in [3.8, 4) is 0 Å². The standard InChI is InChI=1S/C16H20N4OS.C7H14.C3H5F3/c1-6-9-20(11(2)17-3)16(21)14-10-12-13(19(4)5)7-8-18-15(12)22-14;1-5-6-7(2,3)4;1-2-3(4,5)6/h6-10H,1-5H3;5-6H,1-4H3;2H2,1H3/b9-6+,17-11?;6-5-;. The molecule has 0 radical (unpaired) electrons. The van der Waals surface area contributed by atoms with E-state index < -0.39 is 12.6 Å². The lowest BCUT2D eigenvalue weighted by atomic mass is 9.97. The Morgan fingerprint density at radius 2 is 1.74 bits per heavy atom. The Morgan fingerprint density at radius 1 is 1.17 bits per heavy atom. The van der Waals surface area contributed by atoms with Crippen LogP contribution in [-0.4, -0.2) is 48.9 Å².